The van der Waals surface area contributed by atoms with Crippen LogP contribution >= 0.6 is 0 Å². The predicted molar refractivity (Wildman–Crippen MR) is 85.0 cm³/mol. The van der Waals surface area contributed by atoms with Crippen LogP contribution in [0.3, 0.4) is 0 Å². The van der Waals surface area contributed by atoms with E-state index in [-0.39, 0.29) is 5.83 Å². The first-order valence-corrected chi connectivity index (χ1v) is 7.45. The van der Waals surface area contributed by atoms with Gasteiger partial charge in [-0.1, -0.05) is 30.3 Å². The first-order chi connectivity index (χ1) is 10.8. The molecule has 1 aromatic carbocycles. The van der Waals surface area contributed by atoms with Crippen LogP contribution in [0.2, 0.25) is 0 Å². The lowest BCUT2D eigenvalue weighted by atomic mass is 10.1. The second kappa shape index (κ2) is 7.13. The maximum Gasteiger partial charge on any atom is 0.222 e. The van der Waals surface area contributed by atoms with Crippen LogP contribution in [0.5, 0.6) is 0 Å². The number of benzene rings is 1. The van der Waals surface area contributed by atoms with Crippen LogP contribution in [0.15, 0.2) is 60.2 Å². The lowest BCUT2D eigenvalue weighted by molar-refractivity contribution is 0.252. The first-order valence-electron chi connectivity index (χ1n) is 7.45. The van der Waals surface area contributed by atoms with Crippen molar-refractivity contribution in [2.75, 3.05) is 25.0 Å². The Morgan fingerprint density at radius 3 is 2.59 bits per heavy atom. The Bertz CT molecular complexity index is 628. The van der Waals surface area contributed by atoms with Gasteiger partial charge in [-0.15, -0.1) is 0 Å². The highest BCUT2D eigenvalue weighted by molar-refractivity contribution is 5.28. The Morgan fingerprint density at radius 1 is 1.09 bits per heavy atom. The van der Waals surface area contributed by atoms with E-state index in [2.05, 4.69) is 32.3 Å². The van der Waals surface area contributed by atoms with Gasteiger partial charge in [0, 0.05) is 32.0 Å². The number of rotatable bonds is 5. The number of hydrogen-bond acceptors (Lipinski definition) is 4. The second-order valence-electron chi connectivity index (χ2n) is 5.38. The number of nitrogens with zero attached hydrogens (tertiary/aromatic N) is 3. The third-order valence-corrected chi connectivity index (χ3v) is 3.75. The van der Waals surface area contributed by atoms with Gasteiger partial charge in [-0.25, -0.2) is 14.4 Å². The van der Waals surface area contributed by atoms with Crippen LogP contribution < -0.4 is 5.32 Å². The molecular formula is C17H19FN4. The van der Waals surface area contributed by atoms with Gasteiger partial charge in [0.15, 0.2) is 0 Å². The Balaban J connectivity index is 1.55. The molecule has 1 aliphatic rings. The van der Waals surface area contributed by atoms with E-state index in [1.54, 1.807) is 18.5 Å². The molecule has 0 radical (unpaired) electrons. The monoisotopic (exact) mass is 298 g/mol. The summed E-state index contributed by atoms with van der Waals surface area (Å²) in [7, 11) is 0. The number of hydrogen-bond donors (Lipinski definition) is 1. The third kappa shape index (κ3) is 3.89. The molecule has 0 saturated heterocycles. The summed E-state index contributed by atoms with van der Waals surface area (Å²) in [6.07, 6.45) is 4.07. The van der Waals surface area contributed by atoms with E-state index in [0.29, 0.717) is 19.0 Å². The van der Waals surface area contributed by atoms with Crippen LogP contribution in [0, 0.1) is 0 Å². The minimum Gasteiger partial charge on any atom is -0.350 e. The normalized spacial score (nSPS) is 15.9. The van der Waals surface area contributed by atoms with Gasteiger partial charge < -0.3 is 5.32 Å². The summed E-state index contributed by atoms with van der Waals surface area (Å²) in [6.45, 7) is 2.50. The van der Waals surface area contributed by atoms with E-state index >= 15 is 0 Å². The summed E-state index contributed by atoms with van der Waals surface area (Å²) in [5.41, 5.74) is 2.03. The van der Waals surface area contributed by atoms with Crippen molar-refractivity contribution in [3.05, 3.63) is 65.8 Å². The first kappa shape index (κ1) is 14.7. The smallest absolute Gasteiger partial charge is 0.222 e. The molecule has 4 nitrogen and oxygen atoms in total. The van der Waals surface area contributed by atoms with Gasteiger partial charge in [0.25, 0.3) is 0 Å². The average molecular weight is 298 g/mol. The lowest BCUT2D eigenvalue weighted by Gasteiger charge is -2.27. The molecule has 0 bridgehead atoms. The zero-order valence-electron chi connectivity index (χ0n) is 12.4. The molecule has 0 amide bonds. The highest BCUT2D eigenvalue weighted by Gasteiger charge is 2.19. The SMILES string of the molecule is FC1=C(CNc2ncccn2)CCN(Cc2ccccc2)C1. The van der Waals surface area contributed by atoms with Crippen LogP contribution in [-0.2, 0) is 6.54 Å². The molecule has 5 heteroatoms. The largest absolute Gasteiger partial charge is 0.350 e. The van der Waals surface area contributed by atoms with Crippen molar-refractivity contribution in [2.45, 2.75) is 13.0 Å². The molecule has 0 fully saturated rings. The average Bonchev–Trinajstić information content (AvgIpc) is 2.56. The highest BCUT2D eigenvalue weighted by atomic mass is 19.1. The minimum absolute atomic E-state index is 0.0365. The van der Waals surface area contributed by atoms with Crippen LogP contribution in [0.1, 0.15) is 12.0 Å². The van der Waals surface area contributed by atoms with Crippen molar-refractivity contribution >= 4 is 5.95 Å². The molecule has 1 N–H and O–H groups in total. The zero-order valence-corrected chi connectivity index (χ0v) is 12.4. The summed E-state index contributed by atoms with van der Waals surface area (Å²) in [5, 5.41) is 3.07. The van der Waals surface area contributed by atoms with Crippen molar-refractivity contribution in [3.8, 4) is 0 Å². The molecule has 2 aromatic rings. The fourth-order valence-corrected chi connectivity index (χ4v) is 2.55. The Morgan fingerprint density at radius 2 is 1.86 bits per heavy atom. The topological polar surface area (TPSA) is 41.1 Å². The number of anilines is 1. The van der Waals surface area contributed by atoms with Crippen LogP contribution in [0.4, 0.5) is 10.3 Å². The van der Waals surface area contributed by atoms with Crippen molar-refractivity contribution in [1.29, 1.82) is 0 Å². The molecule has 3 rings (SSSR count). The predicted octanol–water partition coefficient (Wildman–Crippen LogP) is 3.02. The van der Waals surface area contributed by atoms with Gasteiger partial charge in [-0.2, -0.15) is 0 Å². The zero-order chi connectivity index (χ0) is 15.2. The number of halogens is 1. The summed E-state index contributed by atoms with van der Waals surface area (Å²) >= 11 is 0. The molecule has 114 valence electrons. The van der Waals surface area contributed by atoms with E-state index in [4.69, 9.17) is 0 Å². The number of aromatic nitrogens is 2. The molecule has 0 aliphatic carbocycles. The molecule has 2 heterocycles. The van der Waals surface area contributed by atoms with E-state index in [1.165, 1.54) is 5.56 Å². The van der Waals surface area contributed by atoms with Crippen molar-refractivity contribution in [3.63, 3.8) is 0 Å². The summed E-state index contributed by atoms with van der Waals surface area (Å²) in [6, 6.07) is 11.9. The van der Waals surface area contributed by atoms with Crippen molar-refractivity contribution in [2.24, 2.45) is 0 Å². The van der Waals surface area contributed by atoms with E-state index in [1.807, 2.05) is 18.2 Å². The Hall–Kier alpha value is -2.27. The summed E-state index contributed by atoms with van der Waals surface area (Å²) < 4.78 is 14.3. The molecule has 0 spiro atoms. The van der Waals surface area contributed by atoms with Gasteiger partial charge in [-0.3, -0.25) is 4.90 Å². The van der Waals surface area contributed by atoms with Gasteiger partial charge in [0.1, 0.15) is 5.83 Å². The molecule has 1 aromatic heterocycles. The fourth-order valence-electron chi connectivity index (χ4n) is 2.55. The van der Waals surface area contributed by atoms with E-state index in [9.17, 15) is 4.39 Å². The van der Waals surface area contributed by atoms with Crippen LogP contribution in [-0.4, -0.2) is 34.5 Å². The Kier molecular flexibility index (Phi) is 4.75. The minimum atomic E-state index is -0.0365. The molecule has 0 unspecified atom stereocenters. The molecule has 22 heavy (non-hydrogen) atoms. The Labute approximate surface area is 129 Å². The van der Waals surface area contributed by atoms with Crippen LogP contribution in [0.25, 0.3) is 0 Å². The quantitative estimate of drug-likeness (QED) is 0.921. The number of nitrogens with one attached hydrogen (secondary N) is 1. The summed E-state index contributed by atoms with van der Waals surface area (Å²) in [4.78, 5) is 10.3. The van der Waals surface area contributed by atoms with Crippen molar-refractivity contribution < 1.29 is 4.39 Å². The van der Waals surface area contributed by atoms with Gasteiger partial charge in [0.05, 0.1) is 6.54 Å². The van der Waals surface area contributed by atoms with Gasteiger partial charge in [0.2, 0.25) is 5.95 Å². The molecular weight excluding hydrogens is 279 g/mol. The van der Waals surface area contributed by atoms with E-state index in [0.717, 1.165) is 25.1 Å². The lowest BCUT2D eigenvalue weighted by Crippen LogP contribution is -2.31. The third-order valence-electron chi connectivity index (χ3n) is 3.75. The maximum absolute atomic E-state index is 14.3. The second-order valence-corrected chi connectivity index (χ2v) is 5.38. The maximum atomic E-state index is 14.3. The van der Waals surface area contributed by atoms with E-state index < -0.39 is 0 Å². The van der Waals surface area contributed by atoms with Gasteiger partial charge in [-0.05, 0) is 23.6 Å². The molecule has 1 aliphatic heterocycles. The molecule has 0 atom stereocenters. The standard InChI is InChI=1S/C17H19FN4/c18-16-13-22(12-14-5-2-1-3-6-14)10-7-15(16)11-21-17-19-8-4-9-20-17/h1-6,8-9H,7,10-13H2,(H,19,20,21). The fraction of sp³-hybridized carbons (Fsp3) is 0.294. The van der Waals surface area contributed by atoms with Crippen molar-refractivity contribution in [1.82, 2.24) is 14.9 Å². The summed E-state index contributed by atoms with van der Waals surface area (Å²) in [5.74, 6) is 0.500. The van der Waals surface area contributed by atoms with Gasteiger partial charge >= 0.3 is 0 Å². The highest BCUT2D eigenvalue weighted by Crippen LogP contribution is 2.20. The molecule has 0 saturated carbocycles.